The fourth-order valence-electron chi connectivity index (χ4n) is 9.11. The average molecular weight is 780 g/mol. The summed E-state index contributed by atoms with van der Waals surface area (Å²) in [6.07, 6.45) is 0. The molecule has 0 radical (unpaired) electrons. The number of nitrogens with zero attached hydrogens (tertiary/aromatic N) is 5. The van der Waals surface area contributed by atoms with E-state index in [-0.39, 0.29) is 0 Å². The topological polar surface area (TPSA) is 40.6 Å². The Bertz CT molecular complexity index is 3490. The fourth-order valence-corrected chi connectivity index (χ4v) is 9.11. The number of hydrogen-bond donors (Lipinski definition) is 0. The number of pyridine rings is 1. The smallest absolute Gasteiger partial charge is 0.165 e. The van der Waals surface area contributed by atoms with Crippen molar-refractivity contribution in [1.29, 1.82) is 0 Å². The third kappa shape index (κ3) is 5.70. The predicted molar refractivity (Wildman–Crippen MR) is 252 cm³/mol. The van der Waals surface area contributed by atoms with Crippen LogP contribution in [0.4, 0.5) is 0 Å². The Labute approximate surface area is 352 Å². The highest BCUT2D eigenvalue weighted by molar-refractivity contribution is 6.23. The largest absolute Gasteiger partial charge is 0.307 e. The zero-order valence-corrected chi connectivity index (χ0v) is 33.1. The van der Waals surface area contributed by atoms with Gasteiger partial charge in [0, 0.05) is 49.9 Å². The van der Waals surface area contributed by atoms with Crippen LogP contribution in [0.2, 0.25) is 0 Å². The van der Waals surface area contributed by atoms with E-state index in [0.29, 0.717) is 0 Å². The Morgan fingerprint density at radius 2 is 0.787 bits per heavy atom. The molecule has 0 unspecified atom stereocenters. The van der Waals surface area contributed by atoms with Crippen molar-refractivity contribution in [2.24, 2.45) is 0 Å². The van der Waals surface area contributed by atoms with Crippen molar-refractivity contribution in [3.05, 3.63) is 224 Å². The van der Waals surface area contributed by atoms with Crippen LogP contribution in [0, 0.1) is 0 Å². The SMILES string of the molecule is c1ccc(-c2cc(-c3ccccc3)nc(-c3cccc(-n4c5ccccc5c5ccc6c7c(nc(-c8ccccc8)n7-c7ccccc7)n(-c7ccccc7)c6c54)c3)c2)cc1. The zero-order valence-electron chi connectivity index (χ0n) is 33.1. The number of fused-ring (bicyclic) bond motifs is 7. The van der Waals surface area contributed by atoms with E-state index in [9.17, 15) is 0 Å². The van der Waals surface area contributed by atoms with Gasteiger partial charge in [-0.3, -0.25) is 9.13 Å². The minimum absolute atomic E-state index is 0.900. The van der Waals surface area contributed by atoms with E-state index in [2.05, 4.69) is 232 Å². The summed E-state index contributed by atoms with van der Waals surface area (Å²) in [6.45, 7) is 0. The molecule has 8 aromatic carbocycles. The first-order valence-corrected chi connectivity index (χ1v) is 20.7. The predicted octanol–water partition coefficient (Wildman–Crippen LogP) is 14.1. The summed E-state index contributed by atoms with van der Waals surface area (Å²) >= 11 is 0. The Morgan fingerprint density at radius 1 is 0.279 bits per heavy atom. The molecule has 0 amide bonds. The lowest BCUT2D eigenvalue weighted by Gasteiger charge is -2.14. The van der Waals surface area contributed by atoms with E-state index in [1.165, 1.54) is 10.8 Å². The molecule has 4 aromatic heterocycles. The summed E-state index contributed by atoms with van der Waals surface area (Å²) < 4.78 is 7.15. The second kappa shape index (κ2) is 14.2. The van der Waals surface area contributed by atoms with Crippen LogP contribution in [0.5, 0.6) is 0 Å². The molecule has 0 aliphatic carbocycles. The van der Waals surface area contributed by atoms with Gasteiger partial charge in [0.2, 0.25) is 0 Å². The normalized spacial score (nSPS) is 11.6. The molecular weight excluding hydrogens is 743 g/mol. The molecule has 0 spiro atoms. The van der Waals surface area contributed by atoms with Crippen molar-refractivity contribution in [1.82, 2.24) is 23.7 Å². The number of imidazole rings is 1. The molecule has 0 bridgehead atoms. The zero-order chi connectivity index (χ0) is 40.3. The molecule has 5 nitrogen and oxygen atoms in total. The molecule has 0 fully saturated rings. The fraction of sp³-hybridized carbons (Fsp3) is 0. The van der Waals surface area contributed by atoms with Crippen LogP contribution in [-0.2, 0) is 0 Å². The Balaban J connectivity index is 1.17. The van der Waals surface area contributed by atoms with Crippen molar-refractivity contribution in [2.45, 2.75) is 0 Å². The monoisotopic (exact) mass is 779 g/mol. The number of hydrogen-bond acceptors (Lipinski definition) is 2. The first-order valence-electron chi connectivity index (χ1n) is 20.7. The molecular formula is C56H37N5. The van der Waals surface area contributed by atoms with Crippen molar-refractivity contribution < 1.29 is 0 Å². The molecule has 0 atom stereocenters. The highest BCUT2D eigenvalue weighted by Crippen LogP contribution is 2.44. The standard InChI is InChI=1S/C56H37N5/c1-6-19-38(20-7-1)42-36-49(39-21-8-2-9-22-39)57-50(37-42)41-25-18-30-45(35-41)59-51-32-17-16-31-46(51)47-33-34-48-53(52(47)59)60(43-26-12-4-13-27-43)56-54(48)61(44-28-14-5-15-29-44)55(58-56)40-23-10-3-11-24-40/h1-37H. The van der Waals surface area contributed by atoms with Crippen molar-refractivity contribution in [2.75, 3.05) is 0 Å². The molecule has 61 heavy (non-hydrogen) atoms. The van der Waals surface area contributed by atoms with Crippen LogP contribution in [-0.4, -0.2) is 23.7 Å². The van der Waals surface area contributed by atoms with Crippen LogP contribution in [0.1, 0.15) is 0 Å². The molecule has 5 heteroatoms. The van der Waals surface area contributed by atoms with Gasteiger partial charge < -0.3 is 4.57 Å². The minimum Gasteiger partial charge on any atom is -0.307 e. The third-order valence-corrected chi connectivity index (χ3v) is 11.8. The van der Waals surface area contributed by atoms with Crippen LogP contribution in [0.3, 0.4) is 0 Å². The first-order chi connectivity index (χ1) is 30.3. The van der Waals surface area contributed by atoms with Gasteiger partial charge in [-0.2, -0.15) is 0 Å². The van der Waals surface area contributed by atoms with E-state index in [1.807, 2.05) is 6.07 Å². The maximum absolute atomic E-state index is 5.56. The second-order valence-electron chi connectivity index (χ2n) is 15.4. The third-order valence-electron chi connectivity index (χ3n) is 11.8. The number of rotatable bonds is 7. The summed E-state index contributed by atoms with van der Waals surface area (Å²) in [4.78, 5) is 10.9. The second-order valence-corrected chi connectivity index (χ2v) is 15.4. The summed E-state index contributed by atoms with van der Waals surface area (Å²) in [7, 11) is 0. The summed E-state index contributed by atoms with van der Waals surface area (Å²) in [5.41, 5.74) is 15.8. The van der Waals surface area contributed by atoms with E-state index in [0.717, 1.165) is 95.2 Å². The van der Waals surface area contributed by atoms with Crippen LogP contribution >= 0.6 is 0 Å². The van der Waals surface area contributed by atoms with Gasteiger partial charge in [-0.25, -0.2) is 9.97 Å². The maximum Gasteiger partial charge on any atom is 0.165 e. The molecule has 0 N–H and O–H groups in total. The molecule has 0 saturated carbocycles. The van der Waals surface area contributed by atoms with Gasteiger partial charge in [0.1, 0.15) is 11.3 Å². The van der Waals surface area contributed by atoms with Gasteiger partial charge in [0.25, 0.3) is 0 Å². The molecule has 0 aliphatic heterocycles. The van der Waals surface area contributed by atoms with E-state index >= 15 is 0 Å². The number of benzene rings is 8. The van der Waals surface area contributed by atoms with Crippen LogP contribution in [0.15, 0.2) is 224 Å². The van der Waals surface area contributed by atoms with E-state index in [1.54, 1.807) is 0 Å². The Kier molecular flexibility index (Phi) is 8.10. The lowest BCUT2D eigenvalue weighted by Crippen LogP contribution is -2.00. The average Bonchev–Trinajstić information content (AvgIpc) is 4.00. The molecule has 12 rings (SSSR count). The molecule has 12 aromatic rings. The molecule has 0 aliphatic rings. The van der Waals surface area contributed by atoms with Gasteiger partial charge in [-0.1, -0.05) is 164 Å². The van der Waals surface area contributed by atoms with Gasteiger partial charge in [0.05, 0.1) is 27.9 Å². The minimum atomic E-state index is 0.900. The van der Waals surface area contributed by atoms with Gasteiger partial charge >= 0.3 is 0 Å². The summed E-state index contributed by atoms with van der Waals surface area (Å²) in [5.74, 6) is 0.900. The quantitative estimate of drug-likeness (QED) is 0.162. The van der Waals surface area contributed by atoms with Gasteiger partial charge in [-0.15, -0.1) is 0 Å². The summed E-state index contributed by atoms with van der Waals surface area (Å²) in [5, 5.41) is 3.49. The van der Waals surface area contributed by atoms with Crippen molar-refractivity contribution in [3.63, 3.8) is 0 Å². The number of para-hydroxylation sites is 3. The van der Waals surface area contributed by atoms with Crippen molar-refractivity contribution >= 4 is 43.9 Å². The van der Waals surface area contributed by atoms with Crippen LogP contribution < -0.4 is 0 Å². The maximum atomic E-state index is 5.56. The first kappa shape index (κ1) is 34.7. The van der Waals surface area contributed by atoms with Gasteiger partial charge in [0.15, 0.2) is 5.65 Å². The Hall–Kier alpha value is -8.28. The van der Waals surface area contributed by atoms with E-state index in [4.69, 9.17) is 9.97 Å². The highest BCUT2D eigenvalue weighted by atomic mass is 15.2. The Morgan fingerprint density at radius 3 is 1.48 bits per heavy atom. The molecule has 286 valence electrons. The lowest BCUT2D eigenvalue weighted by molar-refractivity contribution is 1.09. The molecule has 0 saturated heterocycles. The summed E-state index contributed by atoms with van der Waals surface area (Å²) in [6, 6.07) is 79.5. The van der Waals surface area contributed by atoms with Crippen molar-refractivity contribution in [3.8, 4) is 62.1 Å². The van der Waals surface area contributed by atoms with Crippen LogP contribution in [0.25, 0.3) is 106 Å². The van der Waals surface area contributed by atoms with E-state index < -0.39 is 0 Å². The highest BCUT2D eigenvalue weighted by Gasteiger charge is 2.27. The lowest BCUT2D eigenvalue weighted by atomic mass is 10.00. The van der Waals surface area contributed by atoms with Gasteiger partial charge in [-0.05, 0) is 71.8 Å². The molecule has 4 heterocycles. The number of aromatic nitrogens is 5.